The van der Waals surface area contributed by atoms with E-state index >= 15 is 0 Å². The number of rotatable bonds is 2. The van der Waals surface area contributed by atoms with Crippen molar-refractivity contribution in [3.05, 3.63) is 65.7 Å². The van der Waals surface area contributed by atoms with E-state index in [0.717, 1.165) is 38.1 Å². The molecule has 0 N–H and O–H groups in total. The Morgan fingerprint density at radius 3 is 2.19 bits per heavy atom. The molecule has 0 aliphatic carbocycles. The van der Waals surface area contributed by atoms with E-state index in [2.05, 4.69) is 56.7 Å². The minimum Gasteiger partial charge on any atom is -0.256 e. The minimum atomic E-state index is -1.73. The predicted octanol–water partition coefficient (Wildman–Crippen LogP) is 5.75. The highest BCUT2D eigenvalue weighted by Crippen LogP contribution is 2.31. The molecular formula is C23H23FN2Si. The van der Waals surface area contributed by atoms with Crippen LogP contribution in [0.3, 0.4) is 0 Å². The van der Waals surface area contributed by atoms with Gasteiger partial charge in [0.2, 0.25) is 0 Å². The number of pyridine rings is 2. The van der Waals surface area contributed by atoms with Crippen LogP contribution in [0.15, 0.2) is 48.8 Å². The molecule has 4 aromatic rings. The topological polar surface area (TPSA) is 25.8 Å². The maximum absolute atomic E-state index is 14.5. The van der Waals surface area contributed by atoms with Crippen LogP contribution in [0.5, 0.6) is 0 Å². The molecule has 0 aliphatic heterocycles. The first kappa shape index (κ1) is 17.8. The summed E-state index contributed by atoms with van der Waals surface area (Å²) >= 11 is 0. The summed E-state index contributed by atoms with van der Waals surface area (Å²) in [4.78, 5) is 9.41. The fourth-order valence-corrected chi connectivity index (χ4v) is 5.31. The maximum atomic E-state index is 14.5. The highest BCUT2D eigenvalue weighted by atomic mass is 28.3. The van der Waals surface area contributed by atoms with Crippen molar-refractivity contribution in [3.8, 4) is 11.3 Å². The molecule has 0 bridgehead atoms. The number of aryl methyl sites for hydroxylation is 2. The van der Waals surface area contributed by atoms with Crippen molar-refractivity contribution in [2.24, 2.45) is 0 Å². The summed E-state index contributed by atoms with van der Waals surface area (Å²) in [7, 11) is -1.73. The lowest BCUT2D eigenvalue weighted by molar-refractivity contribution is 0.630. The second-order valence-corrected chi connectivity index (χ2v) is 13.4. The molecule has 2 aromatic heterocycles. The van der Waals surface area contributed by atoms with Crippen LogP contribution >= 0.6 is 0 Å². The molecule has 2 nitrogen and oxygen atoms in total. The molecule has 0 unspecified atom stereocenters. The zero-order chi connectivity index (χ0) is 19.3. The SMILES string of the molecule is Cc1cc(C)cc(-c2nccc3c2cnc2c([Si](C)(C)C)cc(F)cc23)c1. The monoisotopic (exact) mass is 374 g/mol. The summed E-state index contributed by atoms with van der Waals surface area (Å²) in [5.74, 6) is -0.195. The van der Waals surface area contributed by atoms with Gasteiger partial charge in [0, 0.05) is 28.7 Å². The van der Waals surface area contributed by atoms with Gasteiger partial charge in [-0.05, 0) is 54.8 Å². The molecule has 4 heteroatoms. The quantitative estimate of drug-likeness (QED) is 0.330. The number of aromatic nitrogens is 2. The van der Waals surface area contributed by atoms with Crippen molar-refractivity contribution in [2.45, 2.75) is 33.5 Å². The maximum Gasteiger partial charge on any atom is 0.123 e. The van der Waals surface area contributed by atoms with Crippen LogP contribution in [0.2, 0.25) is 19.6 Å². The van der Waals surface area contributed by atoms with Crippen LogP contribution in [0.4, 0.5) is 4.39 Å². The highest BCUT2D eigenvalue weighted by Gasteiger charge is 2.22. The van der Waals surface area contributed by atoms with Crippen LogP contribution in [-0.2, 0) is 0 Å². The van der Waals surface area contributed by atoms with E-state index in [9.17, 15) is 4.39 Å². The van der Waals surface area contributed by atoms with Gasteiger partial charge >= 0.3 is 0 Å². The summed E-state index contributed by atoms with van der Waals surface area (Å²) in [5, 5.41) is 3.90. The number of halogens is 1. The summed E-state index contributed by atoms with van der Waals surface area (Å²) in [6.45, 7) is 10.8. The van der Waals surface area contributed by atoms with E-state index in [4.69, 9.17) is 4.98 Å². The second kappa shape index (κ2) is 6.24. The molecule has 0 spiro atoms. The highest BCUT2D eigenvalue weighted by molar-refractivity contribution is 6.90. The lowest BCUT2D eigenvalue weighted by atomic mass is 9.99. The van der Waals surface area contributed by atoms with Crippen molar-refractivity contribution in [3.63, 3.8) is 0 Å². The normalized spacial score (nSPS) is 12.1. The third-order valence-electron chi connectivity index (χ3n) is 4.98. The van der Waals surface area contributed by atoms with E-state index < -0.39 is 8.07 Å². The van der Waals surface area contributed by atoms with Crippen molar-refractivity contribution in [2.75, 3.05) is 0 Å². The lowest BCUT2D eigenvalue weighted by Crippen LogP contribution is -2.38. The first-order valence-electron chi connectivity index (χ1n) is 9.20. The Labute approximate surface area is 160 Å². The molecular weight excluding hydrogens is 351 g/mol. The number of hydrogen-bond acceptors (Lipinski definition) is 2. The van der Waals surface area contributed by atoms with Gasteiger partial charge in [-0.3, -0.25) is 9.97 Å². The Morgan fingerprint density at radius 2 is 1.52 bits per heavy atom. The first-order chi connectivity index (χ1) is 12.7. The number of hydrogen-bond donors (Lipinski definition) is 0. The third-order valence-corrected chi connectivity index (χ3v) is 6.98. The van der Waals surface area contributed by atoms with Gasteiger partial charge in [0.25, 0.3) is 0 Å². The molecule has 136 valence electrons. The zero-order valence-corrected chi connectivity index (χ0v) is 17.4. The molecule has 0 amide bonds. The number of fused-ring (bicyclic) bond motifs is 3. The first-order valence-corrected chi connectivity index (χ1v) is 12.7. The standard InChI is InChI=1S/C23H23FN2Si/c1-14-8-15(2)10-16(9-14)22-20-13-26-23-19(18(20)6-7-25-22)11-17(24)12-21(23)27(3,4)5/h6-13H,1-5H3. The van der Waals surface area contributed by atoms with E-state index in [1.54, 1.807) is 12.1 Å². The second-order valence-electron chi connectivity index (χ2n) is 8.35. The minimum absolute atomic E-state index is 0.195. The molecule has 0 fully saturated rings. The van der Waals surface area contributed by atoms with E-state index in [1.807, 2.05) is 18.5 Å². The van der Waals surface area contributed by atoms with Gasteiger partial charge in [0.1, 0.15) is 5.82 Å². The van der Waals surface area contributed by atoms with E-state index in [1.165, 1.54) is 11.1 Å². The van der Waals surface area contributed by atoms with Crippen LogP contribution in [0.1, 0.15) is 11.1 Å². The Morgan fingerprint density at radius 1 is 0.815 bits per heavy atom. The van der Waals surface area contributed by atoms with E-state index in [0.29, 0.717) is 0 Å². The Hall–Kier alpha value is -2.59. The summed E-state index contributed by atoms with van der Waals surface area (Å²) in [6, 6.07) is 11.7. The van der Waals surface area contributed by atoms with Gasteiger partial charge in [0.15, 0.2) is 0 Å². The van der Waals surface area contributed by atoms with Crippen LogP contribution in [0, 0.1) is 19.7 Å². The van der Waals surface area contributed by atoms with Gasteiger partial charge < -0.3 is 0 Å². The lowest BCUT2D eigenvalue weighted by Gasteiger charge is -2.19. The van der Waals surface area contributed by atoms with Crippen LogP contribution in [0.25, 0.3) is 32.9 Å². The largest absolute Gasteiger partial charge is 0.256 e. The molecule has 4 rings (SSSR count). The fourth-order valence-electron chi connectivity index (χ4n) is 3.82. The third kappa shape index (κ3) is 3.14. The van der Waals surface area contributed by atoms with Crippen LogP contribution < -0.4 is 5.19 Å². The summed E-state index contributed by atoms with van der Waals surface area (Å²) in [6.07, 6.45) is 3.72. The van der Waals surface area contributed by atoms with Gasteiger partial charge in [-0.1, -0.05) is 36.8 Å². The Bertz CT molecular complexity index is 1170. The molecule has 2 aromatic carbocycles. The van der Waals surface area contributed by atoms with Gasteiger partial charge in [-0.2, -0.15) is 0 Å². The van der Waals surface area contributed by atoms with Crippen molar-refractivity contribution >= 4 is 34.9 Å². The van der Waals surface area contributed by atoms with Crippen molar-refractivity contribution < 1.29 is 4.39 Å². The molecule has 0 saturated heterocycles. The molecule has 0 saturated carbocycles. The fraction of sp³-hybridized carbons (Fsp3) is 0.217. The molecule has 0 aliphatic rings. The zero-order valence-electron chi connectivity index (χ0n) is 16.4. The van der Waals surface area contributed by atoms with Crippen molar-refractivity contribution in [1.29, 1.82) is 0 Å². The average Bonchev–Trinajstić information content (AvgIpc) is 2.58. The Balaban J connectivity index is 2.09. The molecule has 0 atom stereocenters. The van der Waals surface area contributed by atoms with E-state index in [-0.39, 0.29) is 5.82 Å². The summed E-state index contributed by atoms with van der Waals surface area (Å²) < 4.78 is 14.5. The predicted molar refractivity (Wildman–Crippen MR) is 115 cm³/mol. The summed E-state index contributed by atoms with van der Waals surface area (Å²) in [5.41, 5.74) is 5.28. The van der Waals surface area contributed by atoms with Gasteiger partial charge in [0.05, 0.1) is 19.3 Å². The molecule has 0 radical (unpaired) electrons. The van der Waals surface area contributed by atoms with Gasteiger partial charge in [-0.25, -0.2) is 4.39 Å². The van der Waals surface area contributed by atoms with Gasteiger partial charge in [-0.15, -0.1) is 0 Å². The molecule has 2 heterocycles. The van der Waals surface area contributed by atoms with Crippen LogP contribution in [-0.4, -0.2) is 18.0 Å². The number of benzene rings is 2. The average molecular weight is 375 g/mol. The van der Waals surface area contributed by atoms with Crippen molar-refractivity contribution in [1.82, 2.24) is 9.97 Å². The molecule has 27 heavy (non-hydrogen) atoms. The Kier molecular flexibility index (Phi) is 4.11. The smallest absolute Gasteiger partial charge is 0.123 e. The number of nitrogens with zero attached hydrogens (tertiary/aromatic N) is 2.